The molecule has 0 fully saturated rings. The summed E-state index contributed by atoms with van der Waals surface area (Å²) in [5.41, 5.74) is 0. The Bertz CT molecular complexity index is 265. The summed E-state index contributed by atoms with van der Waals surface area (Å²) in [6, 6.07) is 3.46. The number of hydrogen-bond acceptors (Lipinski definition) is 4. The molecule has 1 atom stereocenters. The minimum Gasteiger partial charge on any atom is -0.394 e. The Balaban J connectivity index is 2.77. The summed E-state index contributed by atoms with van der Waals surface area (Å²) in [6.45, 7) is 1.98. The second-order valence-corrected chi connectivity index (χ2v) is 3.24. The first-order valence-electron chi connectivity index (χ1n) is 3.98. The van der Waals surface area contributed by atoms with Crippen molar-refractivity contribution < 1.29 is 5.11 Å². The molecule has 1 aromatic rings. The number of rotatable bonds is 3. The zero-order valence-electron chi connectivity index (χ0n) is 7.61. The third kappa shape index (κ3) is 2.54. The SMILES string of the molecule is CC(CO)N(C)c1ccc(Cl)nn1. The molecule has 0 aliphatic carbocycles. The molecule has 0 aliphatic rings. The highest BCUT2D eigenvalue weighted by Gasteiger charge is 2.09. The molecule has 1 rings (SSSR count). The lowest BCUT2D eigenvalue weighted by molar-refractivity contribution is 0.269. The van der Waals surface area contributed by atoms with Crippen molar-refractivity contribution in [2.75, 3.05) is 18.6 Å². The number of aliphatic hydroxyl groups is 1. The Morgan fingerprint density at radius 2 is 2.23 bits per heavy atom. The van der Waals surface area contributed by atoms with Gasteiger partial charge in [0.1, 0.15) is 0 Å². The van der Waals surface area contributed by atoms with Crippen LogP contribution in [0.15, 0.2) is 12.1 Å². The first kappa shape index (κ1) is 10.2. The van der Waals surface area contributed by atoms with E-state index in [2.05, 4.69) is 10.2 Å². The van der Waals surface area contributed by atoms with E-state index in [9.17, 15) is 0 Å². The predicted octanol–water partition coefficient (Wildman–Crippen LogP) is 0.947. The van der Waals surface area contributed by atoms with Crippen LogP contribution < -0.4 is 4.90 Å². The summed E-state index contributed by atoms with van der Waals surface area (Å²) in [6.07, 6.45) is 0. The number of anilines is 1. The van der Waals surface area contributed by atoms with E-state index in [1.807, 2.05) is 18.9 Å². The summed E-state index contributed by atoms with van der Waals surface area (Å²) in [7, 11) is 1.85. The summed E-state index contributed by atoms with van der Waals surface area (Å²) in [5, 5.41) is 16.9. The van der Waals surface area contributed by atoms with E-state index in [1.54, 1.807) is 12.1 Å². The highest BCUT2D eigenvalue weighted by atomic mass is 35.5. The summed E-state index contributed by atoms with van der Waals surface area (Å²) < 4.78 is 0. The number of aromatic nitrogens is 2. The molecule has 0 aromatic carbocycles. The van der Waals surface area contributed by atoms with Gasteiger partial charge in [0.05, 0.1) is 12.6 Å². The molecule has 0 amide bonds. The van der Waals surface area contributed by atoms with E-state index in [1.165, 1.54) is 0 Å². The number of nitrogens with zero attached hydrogens (tertiary/aromatic N) is 3. The molecule has 13 heavy (non-hydrogen) atoms. The van der Waals surface area contributed by atoms with Crippen LogP contribution in [0.3, 0.4) is 0 Å². The molecule has 0 saturated carbocycles. The van der Waals surface area contributed by atoms with Gasteiger partial charge in [0.25, 0.3) is 0 Å². The maximum absolute atomic E-state index is 8.91. The van der Waals surface area contributed by atoms with Gasteiger partial charge in [-0.15, -0.1) is 10.2 Å². The molecule has 0 radical (unpaired) electrons. The topological polar surface area (TPSA) is 49.2 Å². The van der Waals surface area contributed by atoms with Gasteiger partial charge in [0.15, 0.2) is 11.0 Å². The van der Waals surface area contributed by atoms with E-state index in [0.29, 0.717) is 11.0 Å². The van der Waals surface area contributed by atoms with Crippen molar-refractivity contribution in [1.82, 2.24) is 10.2 Å². The predicted molar refractivity (Wildman–Crippen MR) is 52.0 cm³/mol. The average Bonchev–Trinajstić information content (AvgIpc) is 2.17. The second-order valence-electron chi connectivity index (χ2n) is 2.86. The Kier molecular flexibility index (Phi) is 3.45. The molecule has 1 unspecified atom stereocenters. The molecule has 1 N–H and O–H groups in total. The molecule has 0 aliphatic heterocycles. The maximum atomic E-state index is 8.91. The van der Waals surface area contributed by atoms with Crippen molar-refractivity contribution in [3.8, 4) is 0 Å². The zero-order valence-corrected chi connectivity index (χ0v) is 8.36. The van der Waals surface area contributed by atoms with Gasteiger partial charge in [-0.25, -0.2) is 0 Å². The van der Waals surface area contributed by atoms with Crippen LogP contribution in [0, 0.1) is 0 Å². The molecular weight excluding hydrogens is 190 g/mol. The molecular formula is C8H12ClN3O. The van der Waals surface area contributed by atoms with E-state index in [0.717, 1.165) is 0 Å². The summed E-state index contributed by atoms with van der Waals surface area (Å²) >= 11 is 5.59. The van der Waals surface area contributed by atoms with E-state index < -0.39 is 0 Å². The maximum Gasteiger partial charge on any atom is 0.151 e. The molecule has 4 nitrogen and oxygen atoms in total. The second kappa shape index (κ2) is 4.39. The van der Waals surface area contributed by atoms with Crippen LogP contribution in [-0.2, 0) is 0 Å². The van der Waals surface area contributed by atoms with Crippen molar-refractivity contribution >= 4 is 17.4 Å². The lowest BCUT2D eigenvalue weighted by Gasteiger charge is -2.23. The van der Waals surface area contributed by atoms with Crippen molar-refractivity contribution in [3.05, 3.63) is 17.3 Å². The van der Waals surface area contributed by atoms with Gasteiger partial charge in [-0.2, -0.15) is 0 Å². The number of hydrogen-bond donors (Lipinski definition) is 1. The molecule has 0 bridgehead atoms. The smallest absolute Gasteiger partial charge is 0.151 e. The Morgan fingerprint density at radius 1 is 1.54 bits per heavy atom. The van der Waals surface area contributed by atoms with E-state index in [-0.39, 0.29) is 12.6 Å². The van der Waals surface area contributed by atoms with Gasteiger partial charge in [-0.1, -0.05) is 11.6 Å². The Hall–Kier alpha value is -0.870. The highest BCUT2D eigenvalue weighted by Crippen LogP contribution is 2.12. The van der Waals surface area contributed by atoms with Gasteiger partial charge >= 0.3 is 0 Å². The lowest BCUT2D eigenvalue weighted by atomic mass is 10.3. The van der Waals surface area contributed by atoms with Crippen molar-refractivity contribution in [3.63, 3.8) is 0 Å². The summed E-state index contributed by atoms with van der Waals surface area (Å²) in [4.78, 5) is 1.84. The minimum absolute atomic E-state index is 0.0236. The average molecular weight is 202 g/mol. The standard InChI is InChI=1S/C8H12ClN3O/c1-6(5-13)12(2)8-4-3-7(9)10-11-8/h3-4,6,13H,5H2,1-2H3. The molecule has 5 heteroatoms. The van der Waals surface area contributed by atoms with Crippen LogP contribution in [0.4, 0.5) is 5.82 Å². The van der Waals surface area contributed by atoms with Crippen LogP contribution in [0.1, 0.15) is 6.92 Å². The van der Waals surface area contributed by atoms with Gasteiger partial charge in [0.2, 0.25) is 0 Å². The van der Waals surface area contributed by atoms with Crippen LogP contribution >= 0.6 is 11.6 Å². The number of halogens is 1. The van der Waals surface area contributed by atoms with Crippen LogP contribution in [0.25, 0.3) is 0 Å². The van der Waals surface area contributed by atoms with Gasteiger partial charge in [0, 0.05) is 7.05 Å². The fraction of sp³-hybridized carbons (Fsp3) is 0.500. The zero-order chi connectivity index (χ0) is 9.84. The van der Waals surface area contributed by atoms with E-state index in [4.69, 9.17) is 16.7 Å². The molecule has 0 spiro atoms. The fourth-order valence-corrected chi connectivity index (χ4v) is 0.946. The first-order chi connectivity index (χ1) is 6.15. The third-order valence-corrected chi connectivity index (χ3v) is 2.11. The first-order valence-corrected chi connectivity index (χ1v) is 4.36. The number of aliphatic hydroxyl groups excluding tert-OH is 1. The van der Waals surface area contributed by atoms with E-state index >= 15 is 0 Å². The number of likely N-dealkylation sites (N-methyl/N-ethyl adjacent to an activating group) is 1. The normalized spacial score (nSPS) is 12.6. The largest absolute Gasteiger partial charge is 0.394 e. The minimum atomic E-state index is 0.0236. The van der Waals surface area contributed by atoms with Gasteiger partial charge in [-0.3, -0.25) is 0 Å². The highest BCUT2D eigenvalue weighted by molar-refractivity contribution is 6.29. The van der Waals surface area contributed by atoms with Crippen molar-refractivity contribution in [2.24, 2.45) is 0 Å². The molecule has 0 saturated heterocycles. The van der Waals surface area contributed by atoms with Crippen molar-refractivity contribution in [2.45, 2.75) is 13.0 Å². The lowest BCUT2D eigenvalue weighted by Crippen LogP contribution is -2.32. The fourth-order valence-electron chi connectivity index (χ4n) is 0.845. The van der Waals surface area contributed by atoms with Gasteiger partial charge < -0.3 is 10.0 Å². The quantitative estimate of drug-likeness (QED) is 0.791. The molecule has 72 valence electrons. The van der Waals surface area contributed by atoms with Crippen molar-refractivity contribution in [1.29, 1.82) is 0 Å². The third-order valence-electron chi connectivity index (χ3n) is 1.90. The molecule has 1 heterocycles. The molecule has 1 aromatic heterocycles. The van der Waals surface area contributed by atoms with Crippen LogP contribution in [-0.4, -0.2) is 35.0 Å². The monoisotopic (exact) mass is 201 g/mol. The van der Waals surface area contributed by atoms with Crippen LogP contribution in [0.2, 0.25) is 5.15 Å². The Labute approximate surface area is 82.2 Å². The van der Waals surface area contributed by atoms with Crippen LogP contribution in [0.5, 0.6) is 0 Å². The summed E-state index contributed by atoms with van der Waals surface area (Å²) in [5.74, 6) is 0.700. The van der Waals surface area contributed by atoms with Gasteiger partial charge in [-0.05, 0) is 19.1 Å². The Morgan fingerprint density at radius 3 is 2.69 bits per heavy atom.